The number of carbonyl (C=O) groups excluding carboxylic acids is 4. The Labute approximate surface area is 302 Å². The average Bonchev–Trinajstić information content (AvgIpc) is 3.74. The van der Waals surface area contributed by atoms with E-state index in [1.165, 1.54) is 5.56 Å². The van der Waals surface area contributed by atoms with Crippen LogP contribution in [0.4, 0.5) is 11.5 Å². The minimum absolute atomic E-state index is 0.119. The number of fused-ring (bicyclic) bond motifs is 1. The summed E-state index contributed by atoms with van der Waals surface area (Å²) < 4.78 is 9.55. The Bertz CT molecular complexity index is 1940. The summed E-state index contributed by atoms with van der Waals surface area (Å²) in [7, 11) is 1.80. The van der Waals surface area contributed by atoms with E-state index in [0.29, 0.717) is 42.4 Å². The van der Waals surface area contributed by atoms with Gasteiger partial charge in [-0.25, -0.2) is 4.98 Å². The number of aromatic nitrogens is 4. The standard InChI is InChI=1S/C38H47N9O5/c1-24(2)52-32-20-34-40-31(22-47(34)21-29(32)37(50)41-33-14-15-44(3)43-33)27-10-16-45(17-11-27)23-36(49)46-18-12-26(13-19-46)25-4-6-28(7-5-25)39-30-8-9-35(48)42-38(30)51/h4-7,14-15,20-22,24,26-27,30,39H,8-13,16-19,23H2,1-3H3,(H,41,43,50)(H,42,48,51). The molecule has 3 fully saturated rings. The van der Waals surface area contributed by atoms with Crippen molar-refractivity contribution in [3.05, 3.63) is 71.8 Å². The normalized spacial score (nSPS) is 19.2. The van der Waals surface area contributed by atoms with Crippen molar-refractivity contribution in [2.45, 2.75) is 76.4 Å². The second kappa shape index (κ2) is 15.2. The molecular weight excluding hydrogens is 662 g/mol. The minimum Gasteiger partial charge on any atom is -0.490 e. The summed E-state index contributed by atoms with van der Waals surface area (Å²) in [6, 6.07) is 11.3. The number of benzene rings is 1. The minimum atomic E-state index is -0.402. The first-order valence-corrected chi connectivity index (χ1v) is 18.3. The number of rotatable bonds is 10. The average molecular weight is 710 g/mol. The zero-order chi connectivity index (χ0) is 36.4. The van der Waals surface area contributed by atoms with E-state index in [2.05, 4.69) is 38.1 Å². The van der Waals surface area contributed by atoms with E-state index in [-0.39, 0.29) is 35.7 Å². The van der Waals surface area contributed by atoms with E-state index >= 15 is 0 Å². The zero-order valence-electron chi connectivity index (χ0n) is 30.0. The van der Waals surface area contributed by atoms with Gasteiger partial charge in [0.2, 0.25) is 17.7 Å². The van der Waals surface area contributed by atoms with Crippen LogP contribution in [0.3, 0.4) is 0 Å². The van der Waals surface area contributed by atoms with Crippen LogP contribution in [0.2, 0.25) is 0 Å². The monoisotopic (exact) mass is 709 g/mol. The molecular formula is C38H47N9O5. The molecule has 0 spiro atoms. The van der Waals surface area contributed by atoms with E-state index in [0.717, 1.165) is 68.9 Å². The first-order valence-electron chi connectivity index (χ1n) is 18.3. The highest BCUT2D eigenvalue weighted by atomic mass is 16.5. The van der Waals surface area contributed by atoms with Crippen LogP contribution in [0.5, 0.6) is 5.75 Å². The Morgan fingerprint density at radius 1 is 0.962 bits per heavy atom. The van der Waals surface area contributed by atoms with Crippen molar-refractivity contribution in [2.24, 2.45) is 7.05 Å². The van der Waals surface area contributed by atoms with Crippen molar-refractivity contribution in [2.75, 3.05) is 43.4 Å². The summed E-state index contributed by atoms with van der Waals surface area (Å²) in [4.78, 5) is 59.3. The number of anilines is 2. The zero-order valence-corrected chi connectivity index (χ0v) is 30.0. The molecule has 14 nitrogen and oxygen atoms in total. The number of ether oxygens (including phenoxy) is 1. The maximum atomic E-state index is 13.3. The predicted octanol–water partition coefficient (Wildman–Crippen LogP) is 3.91. The van der Waals surface area contributed by atoms with Crippen LogP contribution in [0.15, 0.2) is 55.0 Å². The quantitative estimate of drug-likeness (QED) is 0.208. The van der Waals surface area contributed by atoms with Crippen molar-refractivity contribution in [3.63, 3.8) is 0 Å². The molecule has 0 aliphatic carbocycles. The molecule has 7 rings (SSSR count). The first kappa shape index (κ1) is 35.2. The van der Waals surface area contributed by atoms with E-state index in [1.54, 1.807) is 30.2 Å². The third-order valence-corrected chi connectivity index (χ3v) is 10.3. The number of nitrogens with zero attached hydrogens (tertiary/aromatic N) is 6. The second-order valence-corrected chi connectivity index (χ2v) is 14.5. The molecule has 0 saturated carbocycles. The number of nitrogens with one attached hydrogen (secondary N) is 3. The smallest absolute Gasteiger partial charge is 0.262 e. The van der Waals surface area contributed by atoms with Crippen LogP contribution in [0.25, 0.3) is 5.65 Å². The van der Waals surface area contributed by atoms with Crippen LogP contribution in [-0.2, 0) is 21.4 Å². The lowest BCUT2D eigenvalue weighted by Gasteiger charge is -2.35. The molecule has 3 N–H and O–H groups in total. The number of likely N-dealkylation sites (tertiary alicyclic amines) is 2. The first-order chi connectivity index (χ1) is 25.1. The third kappa shape index (κ3) is 8.12. The summed E-state index contributed by atoms with van der Waals surface area (Å²) in [5.41, 5.74) is 4.20. The van der Waals surface area contributed by atoms with Crippen LogP contribution < -0.4 is 20.7 Å². The maximum absolute atomic E-state index is 13.3. The number of imide groups is 1. The van der Waals surface area contributed by atoms with Gasteiger partial charge >= 0.3 is 0 Å². The van der Waals surface area contributed by atoms with Gasteiger partial charge in [0, 0.05) is 68.9 Å². The molecule has 6 heterocycles. The van der Waals surface area contributed by atoms with Gasteiger partial charge in [0.1, 0.15) is 17.4 Å². The number of amides is 4. The van der Waals surface area contributed by atoms with Gasteiger partial charge in [-0.2, -0.15) is 5.10 Å². The summed E-state index contributed by atoms with van der Waals surface area (Å²) in [6.45, 7) is 7.39. The van der Waals surface area contributed by atoms with E-state index < -0.39 is 6.04 Å². The molecule has 3 saturated heterocycles. The number of pyridine rings is 1. The molecule has 1 unspecified atom stereocenters. The van der Waals surface area contributed by atoms with Crippen LogP contribution >= 0.6 is 0 Å². The summed E-state index contributed by atoms with van der Waals surface area (Å²) in [5, 5.41) is 12.7. The molecule has 1 atom stereocenters. The Kier molecular flexibility index (Phi) is 10.3. The highest BCUT2D eigenvalue weighted by Gasteiger charge is 2.29. The molecule has 1 aromatic carbocycles. The van der Waals surface area contributed by atoms with Crippen molar-refractivity contribution in [3.8, 4) is 5.75 Å². The Balaban J connectivity index is 0.894. The molecule has 3 aliphatic heterocycles. The number of aryl methyl sites for hydroxylation is 1. The molecule has 4 aromatic rings. The Morgan fingerprint density at radius 3 is 2.37 bits per heavy atom. The van der Waals surface area contributed by atoms with Crippen LogP contribution in [0.1, 0.15) is 85.8 Å². The van der Waals surface area contributed by atoms with E-state index in [1.807, 2.05) is 47.5 Å². The van der Waals surface area contributed by atoms with Gasteiger partial charge in [0.15, 0.2) is 5.82 Å². The molecule has 3 aromatic heterocycles. The molecule has 0 radical (unpaired) electrons. The van der Waals surface area contributed by atoms with Gasteiger partial charge in [0.05, 0.1) is 23.9 Å². The fourth-order valence-electron chi connectivity index (χ4n) is 7.44. The number of carbonyl (C=O) groups is 4. The molecule has 4 amide bonds. The number of hydrogen-bond donors (Lipinski definition) is 3. The van der Waals surface area contributed by atoms with Crippen molar-refractivity contribution in [1.82, 2.24) is 34.3 Å². The molecule has 52 heavy (non-hydrogen) atoms. The van der Waals surface area contributed by atoms with Crippen molar-refractivity contribution >= 4 is 40.8 Å². The van der Waals surface area contributed by atoms with Crippen molar-refractivity contribution < 1.29 is 23.9 Å². The SMILES string of the molecule is CC(C)Oc1cc2nc(C3CCN(CC(=O)N4CCC(c5ccc(NC6CCC(=O)NC6=O)cc5)CC4)CC3)cn2cc1C(=O)Nc1ccn(C)n1. The van der Waals surface area contributed by atoms with Crippen LogP contribution in [0, 0.1) is 0 Å². The number of imidazole rings is 1. The summed E-state index contributed by atoms with van der Waals surface area (Å²) >= 11 is 0. The lowest BCUT2D eigenvalue weighted by molar-refractivity contribution is -0.134. The van der Waals surface area contributed by atoms with Gasteiger partial charge < -0.3 is 24.7 Å². The largest absolute Gasteiger partial charge is 0.490 e. The summed E-state index contributed by atoms with van der Waals surface area (Å²) in [6.07, 6.45) is 9.89. The molecule has 3 aliphatic rings. The van der Waals surface area contributed by atoms with Crippen LogP contribution in [-0.4, -0.2) is 97.5 Å². The molecule has 274 valence electrons. The topological polar surface area (TPSA) is 155 Å². The van der Waals surface area contributed by atoms with Gasteiger partial charge in [-0.05, 0) is 82.7 Å². The van der Waals surface area contributed by atoms with Gasteiger partial charge in [-0.15, -0.1) is 0 Å². The highest BCUT2D eigenvalue weighted by molar-refractivity contribution is 6.06. The molecule has 14 heteroatoms. The maximum Gasteiger partial charge on any atom is 0.262 e. The lowest BCUT2D eigenvalue weighted by Crippen LogP contribution is -2.47. The number of hydrogen-bond acceptors (Lipinski definition) is 9. The van der Waals surface area contributed by atoms with Gasteiger partial charge in [-0.3, -0.25) is 34.1 Å². The van der Waals surface area contributed by atoms with Gasteiger partial charge in [0.25, 0.3) is 5.91 Å². The van der Waals surface area contributed by atoms with E-state index in [4.69, 9.17) is 9.72 Å². The summed E-state index contributed by atoms with van der Waals surface area (Å²) in [5.74, 6) is 0.965. The van der Waals surface area contributed by atoms with Crippen molar-refractivity contribution in [1.29, 1.82) is 0 Å². The lowest BCUT2D eigenvalue weighted by atomic mass is 9.89. The van der Waals surface area contributed by atoms with Gasteiger partial charge in [-0.1, -0.05) is 12.1 Å². The number of piperidine rings is 3. The van der Waals surface area contributed by atoms with E-state index in [9.17, 15) is 19.2 Å². The molecule has 0 bridgehead atoms. The fraction of sp³-hybridized carbons (Fsp3) is 0.474. The fourth-order valence-corrected chi connectivity index (χ4v) is 7.44. The Hall–Kier alpha value is -5.24. The predicted molar refractivity (Wildman–Crippen MR) is 195 cm³/mol. The Morgan fingerprint density at radius 2 is 1.69 bits per heavy atom. The second-order valence-electron chi connectivity index (χ2n) is 14.5. The third-order valence-electron chi connectivity index (χ3n) is 10.3. The highest BCUT2D eigenvalue weighted by Crippen LogP contribution is 2.32.